The number of carbonyl (C=O) groups excluding carboxylic acids is 1. The summed E-state index contributed by atoms with van der Waals surface area (Å²) in [6.07, 6.45) is -0.0527. The molecule has 1 heterocycles. The lowest BCUT2D eigenvalue weighted by molar-refractivity contribution is -0.131. The number of hydrogen-bond donors (Lipinski definition) is 1. The molecule has 0 aromatic heterocycles. The maximum Gasteiger partial charge on any atom is 0.264 e. The van der Waals surface area contributed by atoms with Crippen molar-refractivity contribution in [2.45, 2.75) is 25.5 Å². The quantitative estimate of drug-likeness (QED) is 0.882. The third-order valence-electron chi connectivity index (χ3n) is 4.46. The molecule has 1 aliphatic rings. The summed E-state index contributed by atoms with van der Waals surface area (Å²) in [5.74, 6) is -0.122. The molecule has 5 heteroatoms. The first kappa shape index (κ1) is 17.0. The Morgan fingerprint density at radius 3 is 2.52 bits per heavy atom. The molecule has 0 saturated heterocycles. The van der Waals surface area contributed by atoms with Gasteiger partial charge in [0.25, 0.3) is 5.91 Å². The number of para-hydroxylation sites is 1. The normalized spacial score (nSPS) is 17.4. The summed E-state index contributed by atoms with van der Waals surface area (Å²) in [5.41, 5.74) is 2.93. The highest BCUT2D eigenvalue weighted by atomic mass is 16.6. The minimum Gasteiger partial charge on any atom is -0.382 e. The number of anilines is 1. The van der Waals surface area contributed by atoms with E-state index in [1.807, 2.05) is 55.6 Å². The van der Waals surface area contributed by atoms with Gasteiger partial charge in [-0.25, -0.2) is 0 Å². The van der Waals surface area contributed by atoms with E-state index >= 15 is 0 Å². The SMILES string of the molecule is C[C@@H](CNC(=O)[C@H]1CC(c2ccccc2)=NO1)N(C)c1ccccc1. The topological polar surface area (TPSA) is 53.9 Å². The zero-order valence-electron chi connectivity index (χ0n) is 14.6. The van der Waals surface area contributed by atoms with Crippen LogP contribution in [0.25, 0.3) is 0 Å². The molecule has 0 bridgehead atoms. The van der Waals surface area contributed by atoms with Gasteiger partial charge in [0.2, 0.25) is 6.10 Å². The van der Waals surface area contributed by atoms with E-state index in [1.165, 1.54) is 0 Å². The zero-order valence-corrected chi connectivity index (χ0v) is 14.6. The molecule has 0 aliphatic carbocycles. The van der Waals surface area contributed by atoms with Crippen LogP contribution in [0.5, 0.6) is 0 Å². The predicted octanol–water partition coefficient (Wildman–Crippen LogP) is 2.82. The molecule has 3 rings (SSSR count). The Kier molecular flexibility index (Phi) is 5.33. The molecule has 1 N–H and O–H groups in total. The Labute approximate surface area is 148 Å². The van der Waals surface area contributed by atoms with E-state index in [0.29, 0.717) is 13.0 Å². The van der Waals surface area contributed by atoms with Gasteiger partial charge in [-0.15, -0.1) is 0 Å². The largest absolute Gasteiger partial charge is 0.382 e. The van der Waals surface area contributed by atoms with Gasteiger partial charge in [-0.05, 0) is 24.6 Å². The lowest BCUT2D eigenvalue weighted by Gasteiger charge is -2.27. The summed E-state index contributed by atoms with van der Waals surface area (Å²) >= 11 is 0. The lowest BCUT2D eigenvalue weighted by Crippen LogP contribution is -2.43. The maximum atomic E-state index is 12.4. The number of amides is 1. The lowest BCUT2D eigenvalue weighted by atomic mass is 10.0. The number of oxime groups is 1. The molecule has 2 aromatic rings. The predicted molar refractivity (Wildman–Crippen MR) is 99.8 cm³/mol. The van der Waals surface area contributed by atoms with E-state index in [1.54, 1.807) is 0 Å². The molecular weight excluding hydrogens is 314 g/mol. The van der Waals surface area contributed by atoms with Crippen LogP contribution in [0.1, 0.15) is 18.9 Å². The molecule has 2 atom stereocenters. The molecule has 130 valence electrons. The monoisotopic (exact) mass is 337 g/mol. The molecular formula is C20H23N3O2. The first-order valence-electron chi connectivity index (χ1n) is 8.49. The summed E-state index contributed by atoms with van der Waals surface area (Å²) in [5, 5.41) is 7.03. The molecule has 0 radical (unpaired) electrons. The molecule has 0 fully saturated rings. The van der Waals surface area contributed by atoms with Crippen molar-refractivity contribution in [2.75, 3.05) is 18.5 Å². The minimum atomic E-state index is -0.551. The van der Waals surface area contributed by atoms with E-state index in [2.05, 4.69) is 34.4 Å². The van der Waals surface area contributed by atoms with Gasteiger partial charge in [0.05, 0.1) is 5.71 Å². The smallest absolute Gasteiger partial charge is 0.264 e. The van der Waals surface area contributed by atoms with E-state index in [-0.39, 0.29) is 11.9 Å². The van der Waals surface area contributed by atoms with Crippen LogP contribution in [0, 0.1) is 0 Å². The van der Waals surface area contributed by atoms with E-state index in [0.717, 1.165) is 17.0 Å². The van der Waals surface area contributed by atoms with Crippen molar-refractivity contribution in [3.05, 3.63) is 66.2 Å². The molecule has 2 aromatic carbocycles. The highest BCUT2D eigenvalue weighted by molar-refractivity contribution is 6.04. The van der Waals surface area contributed by atoms with Gasteiger partial charge >= 0.3 is 0 Å². The van der Waals surface area contributed by atoms with Gasteiger partial charge < -0.3 is 15.1 Å². The standard InChI is InChI=1S/C20H23N3O2/c1-15(23(2)17-11-7-4-8-12-17)14-21-20(24)19-13-18(22-25-19)16-9-5-3-6-10-16/h3-12,15,19H,13-14H2,1-2H3,(H,21,24)/t15-,19+/m0/s1. The van der Waals surface area contributed by atoms with Crippen molar-refractivity contribution in [2.24, 2.45) is 5.16 Å². The summed E-state index contributed by atoms with van der Waals surface area (Å²) in [7, 11) is 2.02. The van der Waals surface area contributed by atoms with E-state index in [4.69, 9.17) is 4.84 Å². The summed E-state index contributed by atoms with van der Waals surface area (Å²) in [4.78, 5) is 19.8. The Morgan fingerprint density at radius 1 is 1.20 bits per heavy atom. The molecule has 25 heavy (non-hydrogen) atoms. The Balaban J connectivity index is 1.49. The minimum absolute atomic E-state index is 0.122. The first-order valence-corrected chi connectivity index (χ1v) is 8.49. The van der Waals surface area contributed by atoms with Crippen LogP contribution in [0.15, 0.2) is 65.8 Å². The van der Waals surface area contributed by atoms with Gasteiger partial charge in [0.1, 0.15) is 0 Å². The Bertz CT molecular complexity index is 731. The molecule has 1 aliphatic heterocycles. The van der Waals surface area contributed by atoms with Gasteiger partial charge in [-0.1, -0.05) is 53.7 Å². The number of benzene rings is 2. The second kappa shape index (κ2) is 7.83. The molecule has 5 nitrogen and oxygen atoms in total. The molecule has 0 saturated carbocycles. The molecule has 0 spiro atoms. The van der Waals surface area contributed by atoms with Crippen molar-refractivity contribution in [1.82, 2.24) is 5.32 Å². The van der Waals surface area contributed by atoms with Gasteiger partial charge in [-0.3, -0.25) is 4.79 Å². The van der Waals surface area contributed by atoms with E-state index in [9.17, 15) is 4.79 Å². The van der Waals surface area contributed by atoms with Gasteiger partial charge in [0.15, 0.2) is 0 Å². The van der Waals surface area contributed by atoms with Crippen molar-refractivity contribution in [1.29, 1.82) is 0 Å². The number of hydrogen-bond acceptors (Lipinski definition) is 4. The van der Waals surface area contributed by atoms with Crippen LogP contribution in [-0.2, 0) is 9.63 Å². The van der Waals surface area contributed by atoms with Crippen LogP contribution in [-0.4, -0.2) is 37.4 Å². The van der Waals surface area contributed by atoms with Gasteiger partial charge in [-0.2, -0.15) is 0 Å². The maximum absolute atomic E-state index is 12.4. The fourth-order valence-electron chi connectivity index (χ4n) is 2.74. The fourth-order valence-corrected chi connectivity index (χ4v) is 2.74. The van der Waals surface area contributed by atoms with Crippen molar-refractivity contribution in [3.8, 4) is 0 Å². The highest BCUT2D eigenvalue weighted by Gasteiger charge is 2.29. The fraction of sp³-hybridized carbons (Fsp3) is 0.300. The number of likely N-dealkylation sites (N-methyl/N-ethyl adjacent to an activating group) is 1. The highest BCUT2D eigenvalue weighted by Crippen LogP contribution is 2.17. The van der Waals surface area contributed by atoms with Gasteiger partial charge in [0, 0.05) is 31.7 Å². The molecule has 1 amide bonds. The number of nitrogens with one attached hydrogen (secondary N) is 1. The second-order valence-corrected chi connectivity index (χ2v) is 6.24. The average molecular weight is 337 g/mol. The summed E-state index contributed by atoms with van der Waals surface area (Å²) in [6, 6.07) is 20.1. The summed E-state index contributed by atoms with van der Waals surface area (Å²) in [6.45, 7) is 2.62. The second-order valence-electron chi connectivity index (χ2n) is 6.24. The Hall–Kier alpha value is -2.82. The van der Waals surface area contributed by atoms with Crippen molar-refractivity contribution >= 4 is 17.3 Å². The van der Waals surface area contributed by atoms with Crippen LogP contribution >= 0.6 is 0 Å². The number of carbonyl (C=O) groups is 1. The van der Waals surface area contributed by atoms with Crippen LogP contribution in [0.4, 0.5) is 5.69 Å². The van der Waals surface area contributed by atoms with E-state index < -0.39 is 6.10 Å². The van der Waals surface area contributed by atoms with Crippen LogP contribution < -0.4 is 10.2 Å². The first-order chi connectivity index (χ1) is 12.1. The zero-order chi connectivity index (χ0) is 17.6. The molecule has 0 unspecified atom stereocenters. The third kappa shape index (κ3) is 4.18. The average Bonchev–Trinajstić information content (AvgIpc) is 3.17. The van der Waals surface area contributed by atoms with Crippen molar-refractivity contribution < 1.29 is 9.63 Å². The van der Waals surface area contributed by atoms with Crippen molar-refractivity contribution in [3.63, 3.8) is 0 Å². The number of rotatable bonds is 6. The Morgan fingerprint density at radius 2 is 1.84 bits per heavy atom. The summed E-state index contributed by atoms with van der Waals surface area (Å²) < 4.78 is 0. The van der Waals surface area contributed by atoms with Crippen LogP contribution in [0.2, 0.25) is 0 Å². The number of nitrogens with zero attached hydrogens (tertiary/aromatic N) is 2. The third-order valence-corrected chi connectivity index (χ3v) is 4.46. The van der Waals surface area contributed by atoms with Crippen LogP contribution in [0.3, 0.4) is 0 Å².